The second-order valence-electron chi connectivity index (χ2n) is 3.67. The van der Waals surface area contributed by atoms with Crippen LogP contribution in [0.2, 0.25) is 0 Å². The summed E-state index contributed by atoms with van der Waals surface area (Å²) in [5.41, 5.74) is 7.99. The number of nitrogens with two attached hydrogens (primary N) is 1. The first-order valence-electron chi connectivity index (χ1n) is 5.02. The zero-order valence-corrected chi connectivity index (χ0v) is 9.03. The Morgan fingerprint density at radius 1 is 1.47 bits per heavy atom. The van der Waals surface area contributed by atoms with Crippen molar-refractivity contribution in [2.75, 3.05) is 19.3 Å². The minimum Gasteiger partial charge on any atom is -0.439 e. The van der Waals surface area contributed by atoms with Gasteiger partial charge in [-0.15, -0.1) is 0 Å². The fraction of sp³-hybridized carbons (Fsp3) is 0.364. The highest BCUT2D eigenvalue weighted by Crippen LogP contribution is 2.18. The maximum absolute atomic E-state index is 5.66. The van der Waals surface area contributed by atoms with E-state index >= 15 is 0 Å². The molecule has 1 aromatic heterocycles. The van der Waals surface area contributed by atoms with Crippen molar-refractivity contribution in [1.29, 1.82) is 0 Å². The number of nitrogens with zero attached hydrogens (tertiary/aromatic N) is 2. The van der Waals surface area contributed by atoms with Gasteiger partial charge >= 0.3 is 0 Å². The maximum Gasteiger partial charge on any atom is 0.209 e. The molecule has 4 heteroatoms. The quantitative estimate of drug-likeness (QED) is 0.777. The van der Waals surface area contributed by atoms with E-state index in [2.05, 4.69) is 16.8 Å². The van der Waals surface area contributed by atoms with Gasteiger partial charge in [0.1, 0.15) is 5.52 Å². The molecule has 0 unspecified atom stereocenters. The molecule has 2 N–H and O–H groups in total. The second-order valence-corrected chi connectivity index (χ2v) is 3.67. The lowest BCUT2D eigenvalue weighted by molar-refractivity contribution is 0.307. The van der Waals surface area contributed by atoms with E-state index in [0.29, 0.717) is 5.69 Å². The van der Waals surface area contributed by atoms with Crippen LogP contribution in [-0.2, 0) is 6.54 Å². The van der Waals surface area contributed by atoms with Gasteiger partial charge in [0.25, 0.3) is 0 Å². The smallest absolute Gasteiger partial charge is 0.209 e. The summed E-state index contributed by atoms with van der Waals surface area (Å²) in [6.07, 6.45) is 0. The zero-order valence-electron chi connectivity index (χ0n) is 9.03. The molecule has 15 heavy (non-hydrogen) atoms. The molecule has 0 aliphatic rings. The third kappa shape index (κ3) is 2.10. The number of hydrogen-bond donors (Lipinski definition) is 1. The van der Waals surface area contributed by atoms with Crippen LogP contribution >= 0.6 is 0 Å². The van der Waals surface area contributed by atoms with Crippen LogP contribution in [0.25, 0.3) is 11.1 Å². The van der Waals surface area contributed by atoms with Crippen molar-refractivity contribution < 1.29 is 4.42 Å². The van der Waals surface area contributed by atoms with Gasteiger partial charge in [0.05, 0.1) is 6.54 Å². The van der Waals surface area contributed by atoms with Gasteiger partial charge in [-0.05, 0) is 25.7 Å². The number of oxazole rings is 1. The van der Waals surface area contributed by atoms with Gasteiger partial charge in [0, 0.05) is 11.8 Å². The largest absolute Gasteiger partial charge is 0.439 e. The molecule has 0 aliphatic carbocycles. The molecular weight excluding hydrogens is 190 g/mol. The van der Waals surface area contributed by atoms with Crippen molar-refractivity contribution >= 4 is 16.8 Å². The Morgan fingerprint density at radius 3 is 3.00 bits per heavy atom. The summed E-state index contributed by atoms with van der Waals surface area (Å²) >= 11 is 0. The van der Waals surface area contributed by atoms with Crippen LogP contribution in [0.15, 0.2) is 22.6 Å². The first-order chi connectivity index (χ1) is 7.19. The number of nitrogen functional groups attached to an aromatic ring is 1. The molecule has 0 atom stereocenters. The van der Waals surface area contributed by atoms with Gasteiger partial charge < -0.3 is 10.2 Å². The van der Waals surface area contributed by atoms with E-state index in [4.69, 9.17) is 10.2 Å². The van der Waals surface area contributed by atoms with Gasteiger partial charge in [0.2, 0.25) is 5.89 Å². The molecule has 0 fully saturated rings. The Bertz CT molecular complexity index is 464. The average molecular weight is 205 g/mol. The summed E-state index contributed by atoms with van der Waals surface area (Å²) in [7, 11) is 2.03. The van der Waals surface area contributed by atoms with E-state index in [9.17, 15) is 0 Å². The van der Waals surface area contributed by atoms with Crippen LogP contribution in [-0.4, -0.2) is 23.5 Å². The summed E-state index contributed by atoms with van der Waals surface area (Å²) in [5, 5.41) is 0. The molecule has 80 valence electrons. The molecule has 0 amide bonds. The van der Waals surface area contributed by atoms with Crippen LogP contribution in [0.3, 0.4) is 0 Å². The van der Waals surface area contributed by atoms with Crippen molar-refractivity contribution in [2.24, 2.45) is 0 Å². The van der Waals surface area contributed by atoms with Crippen molar-refractivity contribution in [3.63, 3.8) is 0 Å². The van der Waals surface area contributed by atoms with E-state index in [-0.39, 0.29) is 0 Å². The van der Waals surface area contributed by atoms with Gasteiger partial charge in [-0.1, -0.05) is 6.92 Å². The SMILES string of the molecule is CCN(C)Cc1nc2ccc(N)cc2o1. The molecule has 0 spiro atoms. The van der Waals surface area contributed by atoms with Crippen LogP contribution in [0.4, 0.5) is 5.69 Å². The first kappa shape index (κ1) is 9.98. The highest BCUT2D eigenvalue weighted by Gasteiger charge is 2.07. The second kappa shape index (κ2) is 3.90. The van der Waals surface area contributed by atoms with Gasteiger partial charge in [-0.3, -0.25) is 4.90 Å². The molecule has 2 rings (SSSR count). The van der Waals surface area contributed by atoms with Crippen molar-refractivity contribution in [3.05, 3.63) is 24.1 Å². The number of rotatable bonds is 3. The summed E-state index contributed by atoms with van der Waals surface area (Å²) < 4.78 is 5.59. The number of anilines is 1. The maximum atomic E-state index is 5.66. The lowest BCUT2D eigenvalue weighted by atomic mass is 10.3. The Labute approximate surface area is 88.7 Å². The number of fused-ring (bicyclic) bond motifs is 1. The van der Waals surface area contributed by atoms with Crippen LogP contribution in [0.5, 0.6) is 0 Å². The topological polar surface area (TPSA) is 55.3 Å². The average Bonchev–Trinajstić information content (AvgIpc) is 2.59. The van der Waals surface area contributed by atoms with Crippen LogP contribution in [0, 0.1) is 0 Å². The number of hydrogen-bond acceptors (Lipinski definition) is 4. The zero-order chi connectivity index (χ0) is 10.8. The fourth-order valence-corrected chi connectivity index (χ4v) is 1.40. The van der Waals surface area contributed by atoms with Crippen molar-refractivity contribution in [2.45, 2.75) is 13.5 Å². The summed E-state index contributed by atoms with van der Waals surface area (Å²) in [4.78, 5) is 6.51. The summed E-state index contributed by atoms with van der Waals surface area (Å²) in [6.45, 7) is 3.80. The van der Waals surface area contributed by atoms with Crippen molar-refractivity contribution in [3.8, 4) is 0 Å². The third-order valence-corrected chi connectivity index (χ3v) is 2.40. The van der Waals surface area contributed by atoms with Gasteiger partial charge in [-0.25, -0.2) is 4.98 Å². The van der Waals surface area contributed by atoms with Crippen molar-refractivity contribution in [1.82, 2.24) is 9.88 Å². The van der Waals surface area contributed by atoms with Crippen LogP contribution in [0.1, 0.15) is 12.8 Å². The minimum absolute atomic E-state index is 0.703. The van der Waals surface area contributed by atoms with Crippen LogP contribution < -0.4 is 5.73 Å². The molecule has 0 radical (unpaired) electrons. The molecule has 1 heterocycles. The third-order valence-electron chi connectivity index (χ3n) is 2.40. The number of benzene rings is 1. The Balaban J connectivity index is 2.30. The first-order valence-corrected chi connectivity index (χ1v) is 5.02. The predicted octanol–water partition coefficient (Wildman–Crippen LogP) is 1.86. The predicted molar refractivity (Wildman–Crippen MR) is 60.4 cm³/mol. The van der Waals surface area contributed by atoms with E-state index in [0.717, 1.165) is 30.1 Å². The highest BCUT2D eigenvalue weighted by atomic mass is 16.3. The molecule has 4 nitrogen and oxygen atoms in total. The van der Waals surface area contributed by atoms with Gasteiger partial charge in [-0.2, -0.15) is 0 Å². The molecule has 0 saturated heterocycles. The standard InChI is InChI=1S/C11H15N3O/c1-3-14(2)7-11-13-9-5-4-8(12)6-10(9)15-11/h4-6H,3,7,12H2,1-2H3. The lowest BCUT2D eigenvalue weighted by Crippen LogP contribution is -2.16. The monoisotopic (exact) mass is 205 g/mol. The van der Waals surface area contributed by atoms with E-state index in [1.54, 1.807) is 6.07 Å². The Morgan fingerprint density at radius 2 is 2.27 bits per heavy atom. The van der Waals surface area contributed by atoms with Gasteiger partial charge in [0.15, 0.2) is 5.58 Å². The molecule has 0 saturated carbocycles. The van der Waals surface area contributed by atoms with E-state index < -0.39 is 0 Å². The summed E-state index contributed by atoms with van der Waals surface area (Å²) in [5.74, 6) is 0.736. The minimum atomic E-state index is 0.703. The molecular formula is C11H15N3O. The fourth-order valence-electron chi connectivity index (χ4n) is 1.40. The normalized spacial score (nSPS) is 11.4. The summed E-state index contributed by atoms with van der Waals surface area (Å²) in [6, 6.07) is 5.51. The number of aromatic nitrogens is 1. The molecule has 0 bridgehead atoms. The Kier molecular flexibility index (Phi) is 2.60. The lowest BCUT2D eigenvalue weighted by Gasteiger charge is -2.09. The Hall–Kier alpha value is -1.55. The molecule has 2 aromatic rings. The molecule has 0 aliphatic heterocycles. The highest BCUT2D eigenvalue weighted by molar-refractivity contribution is 5.76. The van der Waals surface area contributed by atoms with E-state index in [1.165, 1.54) is 0 Å². The van der Waals surface area contributed by atoms with E-state index in [1.807, 2.05) is 19.2 Å². The molecule has 1 aromatic carbocycles.